The monoisotopic (exact) mass is 1630 g/mol. The van der Waals surface area contributed by atoms with E-state index in [1.54, 1.807) is 53.5 Å². The summed E-state index contributed by atoms with van der Waals surface area (Å²) in [6.45, 7) is 17.4. The molecular weight excluding hydrogens is 1540 g/mol. The van der Waals surface area contributed by atoms with E-state index in [0.29, 0.717) is 17.2 Å². The number of thiol groups is 2. The highest BCUT2D eigenvalue weighted by molar-refractivity contribution is 7.99. The van der Waals surface area contributed by atoms with Crippen LogP contribution in [0.3, 0.4) is 0 Å². The number of anilines is 1. The van der Waals surface area contributed by atoms with Crippen LogP contribution in [0.15, 0.2) is 339 Å². The maximum absolute atomic E-state index is 11.0. The van der Waals surface area contributed by atoms with Gasteiger partial charge < -0.3 is 39.6 Å². The number of thioether (sulfide) groups is 2. The molecule has 1 aromatic heterocycles. The lowest BCUT2D eigenvalue weighted by Crippen LogP contribution is -2.17. The van der Waals surface area contributed by atoms with Gasteiger partial charge in [-0.05, 0) is 159 Å². The molecule has 13 heteroatoms. The first kappa shape index (κ1) is 85.1. The first-order valence-corrected chi connectivity index (χ1v) is 43.3. The average Bonchev–Trinajstić information content (AvgIpc) is 1.56. The van der Waals surface area contributed by atoms with Crippen molar-refractivity contribution >= 4 is 98.9 Å². The number of phenols is 5. The number of para-hydroxylation sites is 8. The van der Waals surface area contributed by atoms with E-state index in [-0.39, 0.29) is 22.3 Å². The number of aryl methyl sites for hydroxylation is 2. The molecule has 1 aliphatic rings. The van der Waals surface area contributed by atoms with Gasteiger partial charge in [-0.2, -0.15) is 25.3 Å². The van der Waals surface area contributed by atoms with Crippen LogP contribution < -0.4 is 9.64 Å². The fraction of sp³-hybridized carbons (Fsp3) is 0.154. The lowest BCUT2D eigenvalue weighted by molar-refractivity contribution is 0.446. The van der Waals surface area contributed by atoms with Crippen molar-refractivity contribution in [2.75, 3.05) is 31.5 Å². The van der Waals surface area contributed by atoms with Gasteiger partial charge >= 0.3 is 0 Å². The second kappa shape index (κ2) is 38.6. The zero-order chi connectivity index (χ0) is 83.1. The Balaban J connectivity index is 0.000000131. The molecule has 1 aliphatic heterocycles. The van der Waals surface area contributed by atoms with Gasteiger partial charge in [0.25, 0.3) is 0 Å². The van der Waals surface area contributed by atoms with Gasteiger partial charge in [0.15, 0.2) is 0 Å². The maximum atomic E-state index is 11.0. The average molecular weight is 1640 g/mol. The molecule has 5 N–H and O–H groups in total. The second-order valence-corrected chi connectivity index (χ2v) is 34.0. The topological polar surface area (TPSA) is 127 Å². The minimum atomic E-state index is -0.103. The fourth-order valence-corrected chi connectivity index (χ4v) is 17.0. The third-order valence-electron chi connectivity index (χ3n) is 20.5. The standard InChI is InChI=1S/C22H14O2S.C21H28OS.C20H19NO.C18H12O2.C13H12OS.C10H14S2/c23-17-13-12-14-6-1-2-7-15(14)21(17)16-8-5-11-20-22(16)24-18-9-3-4-10-19(18)25-20;1-20(2,3)14-12-16(15-10-8-9-11-18(15)23-7)19(22)17(13-14)21(4,5)6;1-21(2)19-14-7-6-11-17(19)18-13-8-12-16(20(18)22)15-9-4-3-5-10-15;19-16-10-3-1-6-12(16)14-8-5-9-15-13-7-2-4-11-17(13)20-18(14)15;1-15-13-9-5-3-7-11(13)10-6-2-4-8-12(10)14;1-7-3-9(5-11)10(6-12)4-8(7)2/h1-13,23H;8-13,22H,1-7H3;3-14,22H,1-2H3;1-11,19H;2-9,14H,1H3;3-4,11-12H,5-6H2,1-2H3. The Morgan fingerprint density at radius 3 is 1.48 bits per heavy atom. The van der Waals surface area contributed by atoms with Crippen LogP contribution in [0.25, 0.3) is 99.5 Å². The Bertz CT molecular complexity index is 6110. The molecule has 8 nitrogen and oxygen atoms in total. The summed E-state index contributed by atoms with van der Waals surface area (Å²) in [5.74, 6) is 4.85. The highest BCUT2D eigenvalue weighted by Crippen LogP contribution is 2.53. The summed E-state index contributed by atoms with van der Waals surface area (Å²) in [6, 6.07) is 104. The van der Waals surface area contributed by atoms with Crippen molar-refractivity contribution < 1.29 is 34.7 Å². The number of nitrogens with zero attached hydrogens (tertiary/aromatic N) is 1. The van der Waals surface area contributed by atoms with Crippen molar-refractivity contribution in [1.29, 1.82) is 0 Å². The van der Waals surface area contributed by atoms with Crippen LogP contribution >= 0.6 is 60.5 Å². The van der Waals surface area contributed by atoms with Crippen molar-refractivity contribution in [3.8, 4) is 107 Å². The van der Waals surface area contributed by atoms with Crippen LogP contribution in [0.5, 0.6) is 40.2 Å². The van der Waals surface area contributed by atoms with Gasteiger partial charge in [-0.25, -0.2) is 0 Å². The maximum Gasteiger partial charge on any atom is 0.149 e. The minimum absolute atomic E-state index is 0.0384. The van der Waals surface area contributed by atoms with Gasteiger partial charge in [-0.1, -0.05) is 302 Å². The lowest BCUT2D eigenvalue weighted by atomic mass is 9.78. The highest BCUT2D eigenvalue weighted by atomic mass is 32.2. The molecule has 16 aromatic rings. The third kappa shape index (κ3) is 19.9. The van der Waals surface area contributed by atoms with Crippen molar-refractivity contribution in [1.82, 2.24) is 0 Å². The van der Waals surface area contributed by atoms with E-state index < -0.39 is 0 Å². The minimum Gasteiger partial charge on any atom is -0.507 e. The van der Waals surface area contributed by atoms with Crippen LogP contribution in [0, 0.1) is 13.8 Å². The van der Waals surface area contributed by atoms with E-state index in [0.717, 1.165) is 144 Å². The quantitative estimate of drug-likeness (QED) is 0.0494. The lowest BCUT2D eigenvalue weighted by Gasteiger charge is -2.28. The zero-order valence-corrected chi connectivity index (χ0v) is 72.3. The van der Waals surface area contributed by atoms with Gasteiger partial charge in [0.2, 0.25) is 0 Å². The predicted octanol–water partition coefficient (Wildman–Crippen LogP) is 29.5. The molecule has 117 heavy (non-hydrogen) atoms. The summed E-state index contributed by atoms with van der Waals surface area (Å²) in [6.07, 6.45) is 4.12. The number of furan rings is 1. The normalized spacial score (nSPS) is 11.3. The molecule has 0 fully saturated rings. The SMILES string of the molecule is CN(C)c1ccccc1-c1cccc(-c2ccccc2)c1O.CSc1ccccc1-c1cc(C(C)(C)C)cc(C(C)(C)C)c1O.CSc1ccccc1-c1ccccc1O.Cc1cc(CS)c(CS)cc1C.Oc1ccc2ccccc2c1-c1cccc2c1Oc1ccccc1S2.Oc1ccccc1-c1cccc2c1oc1ccccc12. The largest absolute Gasteiger partial charge is 0.507 e. The number of ether oxygens (including phenoxy) is 1. The molecule has 2 heterocycles. The Hall–Kier alpha value is -11.3. The van der Waals surface area contributed by atoms with Gasteiger partial charge in [0, 0.05) is 107 Å². The van der Waals surface area contributed by atoms with Gasteiger partial charge in [-0.3, -0.25) is 0 Å². The van der Waals surface area contributed by atoms with Gasteiger partial charge in [-0.15, -0.1) is 23.5 Å². The Morgan fingerprint density at radius 1 is 0.385 bits per heavy atom. The summed E-state index contributed by atoms with van der Waals surface area (Å²) in [5, 5.41) is 56.5. The van der Waals surface area contributed by atoms with E-state index >= 15 is 0 Å². The first-order chi connectivity index (χ1) is 56.4. The summed E-state index contributed by atoms with van der Waals surface area (Å²) in [7, 11) is 4.02. The van der Waals surface area contributed by atoms with E-state index in [2.05, 4.69) is 165 Å². The van der Waals surface area contributed by atoms with Crippen molar-refractivity contribution in [2.24, 2.45) is 0 Å². The van der Waals surface area contributed by atoms with E-state index in [1.807, 2.05) is 245 Å². The van der Waals surface area contributed by atoms with Crippen LogP contribution in [-0.2, 0) is 22.3 Å². The van der Waals surface area contributed by atoms with E-state index in [9.17, 15) is 25.5 Å². The van der Waals surface area contributed by atoms with Crippen LogP contribution in [0.1, 0.15) is 74.9 Å². The third-order valence-corrected chi connectivity index (χ3v) is 23.8. The molecule has 0 spiro atoms. The number of benzene rings is 15. The smallest absolute Gasteiger partial charge is 0.149 e. The van der Waals surface area contributed by atoms with Crippen molar-refractivity contribution in [3.05, 3.63) is 349 Å². The summed E-state index contributed by atoms with van der Waals surface area (Å²) < 4.78 is 12.2. The summed E-state index contributed by atoms with van der Waals surface area (Å²) in [4.78, 5) is 6.59. The van der Waals surface area contributed by atoms with Crippen LogP contribution in [0.2, 0.25) is 0 Å². The molecule has 0 atom stereocenters. The fourth-order valence-electron chi connectivity index (χ4n) is 14.2. The Labute approximate surface area is 712 Å². The van der Waals surface area contributed by atoms with Crippen LogP contribution in [0.4, 0.5) is 5.69 Å². The molecule has 17 rings (SSSR count). The van der Waals surface area contributed by atoms with Gasteiger partial charge in [0.05, 0.1) is 9.79 Å². The Morgan fingerprint density at radius 2 is 0.863 bits per heavy atom. The number of hydrogen-bond donors (Lipinski definition) is 7. The molecular formula is C104H99NO7S5. The number of fused-ring (bicyclic) bond motifs is 6. The molecule has 592 valence electrons. The molecule has 0 saturated carbocycles. The molecule has 0 saturated heterocycles. The summed E-state index contributed by atoms with van der Waals surface area (Å²) in [5.41, 5.74) is 21.5. The van der Waals surface area contributed by atoms with Gasteiger partial charge in [0.1, 0.15) is 51.4 Å². The van der Waals surface area contributed by atoms with Crippen LogP contribution in [-0.4, -0.2) is 52.1 Å². The first-order valence-electron chi connectivity index (χ1n) is 38.8. The molecule has 0 bridgehead atoms. The Kier molecular flexibility index (Phi) is 28.1. The van der Waals surface area contributed by atoms with Crippen molar-refractivity contribution in [2.45, 2.75) is 97.3 Å². The molecule has 0 aliphatic carbocycles. The molecule has 0 amide bonds. The summed E-state index contributed by atoms with van der Waals surface area (Å²) >= 11 is 13.7. The molecule has 15 aromatic carbocycles. The number of rotatable bonds is 11. The van der Waals surface area contributed by atoms with E-state index in [4.69, 9.17) is 9.15 Å². The molecule has 0 radical (unpaired) electrons. The van der Waals surface area contributed by atoms with Crippen molar-refractivity contribution in [3.63, 3.8) is 0 Å². The van der Waals surface area contributed by atoms with E-state index in [1.165, 1.54) is 37.6 Å². The number of hydrogen-bond acceptors (Lipinski definition) is 13. The number of aromatic hydroxyl groups is 5. The predicted molar refractivity (Wildman–Crippen MR) is 505 cm³/mol. The zero-order valence-electron chi connectivity index (χ0n) is 68.1. The molecule has 0 unspecified atom stereocenters. The highest BCUT2D eigenvalue weighted by Gasteiger charge is 2.28. The number of phenolic OH excluding ortho intramolecular Hbond substituents is 5. The second-order valence-electron chi connectivity index (χ2n) is 30.6.